The summed E-state index contributed by atoms with van der Waals surface area (Å²) in [4.78, 5) is 0. The van der Waals surface area contributed by atoms with Gasteiger partial charge in [-0.25, -0.2) is 0 Å². The zero-order chi connectivity index (χ0) is 9.07. The van der Waals surface area contributed by atoms with Crippen LogP contribution in [-0.2, 0) is 0 Å². The van der Waals surface area contributed by atoms with Crippen LogP contribution in [0.1, 0.15) is 13.8 Å². The van der Waals surface area contributed by atoms with Gasteiger partial charge in [0.05, 0.1) is 0 Å². The van der Waals surface area contributed by atoms with E-state index < -0.39 is 8.24 Å². The van der Waals surface area contributed by atoms with Gasteiger partial charge in [-0.1, -0.05) is 26.5 Å². The summed E-state index contributed by atoms with van der Waals surface area (Å²) in [6, 6.07) is 1.30. The van der Waals surface area contributed by atoms with Crippen LogP contribution >= 0.6 is 0 Å². The zero-order valence-electron chi connectivity index (χ0n) is 8.52. The Morgan fingerprint density at radius 3 is 2.09 bits per heavy atom. The Kier molecular flexibility index (Phi) is 4.04. The minimum Gasteiger partial charge on any atom is -0.329 e. The molecular weight excluding hydrogens is 150 g/mol. The van der Waals surface area contributed by atoms with Gasteiger partial charge in [-0.15, -0.1) is 6.58 Å². The summed E-state index contributed by atoms with van der Waals surface area (Å²) in [5.74, 6) is 0. The third-order valence-corrected chi connectivity index (χ3v) is 8.74. The van der Waals surface area contributed by atoms with E-state index in [0.717, 1.165) is 0 Å². The summed E-state index contributed by atoms with van der Waals surface area (Å²) < 4.78 is 2.42. The number of allylic oxidation sites excluding steroid dienone is 1. The Morgan fingerprint density at radius 1 is 1.55 bits per heavy atom. The second-order valence-electron chi connectivity index (χ2n) is 3.63. The Bertz CT molecular complexity index is 134. The van der Waals surface area contributed by atoms with Crippen molar-refractivity contribution in [3.63, 3.8) is 0 Å². The molecule has 0 amide bonds. The van der Waals surface area contributed by atoms with Crippen LogP contribution < -0.4 is 0 Å². The average Bonchev–Trinajstić information content (AvgIpc) is 2.01. The van der Waals surface area contributed by atoms with E-state index in [4.69, 9.17) is 0 Å². The SMILES string of the molecule is C=CC(C)[Si](C)(CC)N(C)C. The second-order valence-corrected chi connectivity index (χ2v) is 8.86. The molecule has 0 heterocycles. The molecule has 0 aromatic carbocycles. The largest absolute Gasteiger partial charge is 0.329 e. The first kappa shape index (κ1) is 10.9. The molecule has 0 rings (SSSR count). The lowest BCUT2D eigenvalue weighted by atomic mass is 10.5. The van der Waals surface area contributed by atoms with Crippen molar-refractivity contribution in [2.45, 2.75) is 32.0 Å². The molecule has 0 aromatic rings. The molecule has 0 saturated carbocycles. The van der Waals surface area contributed by atoms with Crippen LogP contribution in [0.15, 0.2) is 12.7 Å². The standard InChI is InChI=1S/C9H21NSi/c1-7-9(3)11(6,8-2)10(4)5/h7,9H,1,8H2,2-6H3. The van der Waals surface area contributed by atoms with Crippen LogP contribution in [0.5, 0.6) is 0 Å². The topological polar surface area (TPSA) is 3.24 Å². The number of nitrogens with zero attached hydrogens (tertiary/aromatic N) is 1. The lowest BCUT2D eigenvalue weighted by molar-refractivity contribution is 0.600. The van der Waals surface area contributed by atoms with Crippen molar-refractivity contribution in [3.05, 3.63) is 12.7 Å². The molecule has 2 atom stereocenters. The first-order valence-corrected chi connectivity index (χ1v) is 7.02. The average molecular weight is 171 g/mol. The minimum atomic E-state index is -1.19. The van der Waals surface area contributed by atoms with E-state index in [1.165, 1.54) is 6.04 Å². The van der Waals surface area contributed by atoms with Gasteiger partial charge in [0.15, 0.2) is 0 Å². The molecule has 1 nitrogen and oxygen atoms in total. The summed E-state index contributed by atoms with van der Waals surface area (Å²) in [6.45, 7) is 10.8. The molecule has 0 bridgehead atoms. The Morgan fingerprint density at radius 2 is 2.00 bits per heavy atom. The lowest BCUT2D eigenvalue weighted by Gasteiger charge is -2.37. The maximum absolute atomic E-state index is 3.87. The van der Waals surface area contributed by atoms with E-state index >= 15 is 0 Å². The van der Waals surface area contributed by atoms with Crippen molar-refractivity contribution in [1.29, 1.82) is 0 Å². The van der Waals surface area contributed by atoms with E-state index in [9.17, 15) is 0 Å². The minimum absolute atomic E-state index is 0.683. The fourth-order valence-electron chi connectivity index (χ4n) is 1.30. The molecule has 0 aliphatic rings. The summed E-state index contributed by atoms with van der Waals surface area (Å²) in [5, 5.41) is 0. The van der Waals surface area contributed by atoms with Crippen molar-refractivity contribution >= 4 is 8.24 Å². The summed E-state index contributed by atoms with van der Waals surface area (Å²) in [6.07, 6.45) is 2.09. The maximum atomic E-state index is 3.87. The van der Waals surface area contributed by atoms with Crippen molar-refractivity contribution in [1.82, 2.24) is 4.57 Å². The summed E-state index contributed by atoms with van der Waals surface area (Å²) in [5.41, 5.74) is 0.683. The van der Waals surface area contributed by atoms with Crippen molar-refractivity contribution in [3.8, 4) is 0 Å². The molecule has 0 aliphatic heterocycles. The zero-order valence-corrected chi connectivity index (χ0v) is 9.52. The highest BCUT2D eigenvalue weighted by atomic mass is 28.3. The van der Waals surface area contributed by atoms with Gasteiger partial charge >= 0.3 is 0 Å². The number of hydrogen-bond donors (Lipinski definition) is 0. The van der Waals surface area contributed by atoms with Crippen LogP contribution in [0.2, 0.25) is 18.1 Å². The summed E-state index contributed by atoms with van der Waals surface area (Å²) in [7, 11) is 3.19. The smallest absolute Gasteiger partial charge is 0.131 e. The van der Waals surface area contributed by atoms with Gasteiger partial charge in [0.2, 0.25) is 0 Å². The number of rotatable bonds is 4. The predicted molar refractivity (Wildman–Crippen MR) is 55.4 cm³/mol. The third kappa shape index (κ3) is 2.17. The molecule has 0 fully saturated rings. The molecule has 0 spiro atoms. The van der Waals surface area contributed by atoms with Gasteiger partial charge in [0, 0.05) is 0 Å². The Labute approximate surface area is 72.2 Å². The molecule has 0 saturated heterocycles. The number of hydrogen-bond acceptors (Lipinski definition) is 1. The molecule has 0 radical (unpaired) electrons. The highest BCUT2D eigenvalue weighted by Crippen LogP contribution is 2.27. The predicted octanol–water partition coefficient (Wildman–Crippen LogP) is 2.72. The van der Waals surface area contributed by atoms with Crippen LogP contribution in [0.4, 0.5) is 0 Å². The van der Waals surface area contributed by atoms with Gasteiger partial charge in [-0.3, -0.25) is 0 Å². The van der Waals surface area contributed by atoms with Gasteiger partial charge in [-0.2, -0.15) is 0 Å². The van der Waals surface area contributed by atoms with E-state index in [2.05, 4.69) is 51.7 Å². The Balaban J connectivity index is 4.44. The molecule has 11 heavy (non-hydrogen) atoms. The normalized spacial score (nSPS) is 19.5. The maximum Gasteiger partial charge on any atom is 0.131 e. The van der Waals surface area contributed by atoms with E-state index in [-0.39, 0.29) is 0 Å². The van der Waals surface area contributed by atoms with Crippen molar-refractivity contribution in [2.75, 3.05) is 14.1 Å². The molecule has 66 valence electrons. The third-order valence-electron chi connectivity index (χ3n) is 3.07. The van der Waals surface area contributed by atoms with Crippen molar-refractivity contribution < 1.29 is 0 Å². The second kappa shape index (κ2) is 4.07. The fraction of sp³-hybridized carbons (Fsp3) is 0.778. The van der Waals surface area contributed by atoms with Gasteiger partial charge in [-0.05, 0) is 25.7 Å². The highest BCUT2D eigenvalue weighted by Gasteiger charge is 2.32. The lowest BCUT2D eigenvalue weighted by Crippen LogP contribution is -2.48. The molecule has 0 aliphatic carbocycles. The van der Waals surface area contributed by atoms with E-state index in [0.29, 0.717) is 5.54 Å². The van der Waals surface area contributed by atoms with Crippen molar-refractivity contribution in [2.24, 2.45) is 0 Å². The van der Waals surface area contributed by atoms with Gasteiger partial charge < -0.3 is 4.57 Å². The monoisotopic (exact) mass is 171 g/mol. The molecule has 0 N–H and O–H groups in total. The van der Waals surface area contributed by atoms with E-state index in [1.807, 2.05) is 0 Å². The van der Waals surface area contributed by atoms with Crippen LogP contribution in [0.3, 0.4) is 0 Å². The van der Waals surface area contributed by atoms with Crippen LogP contribution in [0.25, 0.3) is 0 Å². The first-order valence-electron chi connectivity index (χ1n) is 4.29. The molecule has 2 heteroatoms. The van der Waals surface area contributed by atoms with Crippen LogP contribution in [0, 0.1) is 0 Å². The first-order chi connectivity index (χ1) is 4.99. The van der Waals surface area contributed by atoms with Gasteiger partial charge in [0.25, 0.3) is 0 Å². The van der Waals surface area contributed by atoms with Gasteiger partial charge in [0.1, 0.15) is 8.24 Å². The summed E-state index contributed by atoms with van der Waals surface area (Å²) >= 11 is 0. The molecule has 0 aromatic heterocycles. The molecular formula is C9H21NSi. The van der Waals surface area contributed by atoms with E-state index in [1.54, 1.807) is 0 Å². The quantitative estimate of drug-likeness (QED) is 0.464. The fourth-order valence-corrected chi connectivity index (χ4v) is 3.90. The Hall–Kier alpha value is -0.0831. The van der Waals surface area contributed by atoms with Crippen LogP contribution in [-0.4, -0.2) is 26.9 Å². The molecule has 2 unspecified atom stereocenters. The highest BCUT2D eigenvalue weighted by molar-refractivity contribution is 6.77.